The molecule has 0 aliphatic carbocycles. The first kappa shape index (κ1) is 12.2. The topological polar surface area (TPSA) is 12.9 Å². The molecule has 0 N–H and O–H groups in total. The Hall–Kier alpha value is -0.910. The van der Waals surface area contributed by atoms with Crippen molar-refractivity contribution in [3.05, 3.63) is 28.0 Å². The van der Waals surface area contributed by atoms with Crippen molar-refractivity contribution in [3.63, 3.8) is 0 Å². The summed E-state index contributed by atoms with van der Waals surface area (Å²) >= 11 is 5.29. The molecule has 0 radical (unpaired) electrons. The van der Waals surface area contributed by atoms with Gasteiger partial charge in [0, 0.05) is 0 Å². The fourth-order valence-electron chi connectivity index (χ4n) is 1.03. The Labute approximate surface area is 86.9 Å². The summed E-state index contributed by atoms with van der Waals surface area (Å²) in [4.78, 5) is 3.23. The number of aryl methyl sites for hydroxylation is 1. The molecule has 0 aliphatic heterocycles. The van der Waals surface area contributed by atoms with E-state index in [1.807, 2.05) is 0 Å². The van der Waals surface area contributed by atoms with Gasteiger partial charge in [0.05, 0.1) is 16.8 Å². The molecule has 0 saturated heterocycles. The first-order valence-corrected chi connectivity index (χ1v) is 4.13. The summed E-state index contributed by atoms with van der Waals surface area (Å²) in [6, 6.07) is 0.329. The molecule has 84 valence electrons. The Bertz CT molecular complexity index is 374. The van der Waals surface area contributed by atoms with Crippen LogP contribution in [-0.2, 0) is 6.18 Å². The number of hydrogen-bond donors (Lipinski definition) is 0. The highest BCUT2D eigenvalue weighted by Gasteiger charge is 2.34. The predicted octanol–water partition coefficient (Wildman–Crippen LogP) is 4.00. The molecule has 0 amide bonds. The summed E-state index contributed by atoms with van der Waals surface area (Å²) in [6.07, 6.45) is -7.78. The summed E-state index contributed by atoms with van der Waals surface area (Å²) < 4.78 is 61.4. The molecule has 0 aromatic carbocycles. The van der Waals surface area contributed by atoms with E-state index >= 15 is 0 Å². The fourth-order valence-corrected chi connectivity index (χ4v) is 1.30. The maximum atomic E-state index is 12.3. The normalized spacial score (nSPS) is 12.3. The Morgan fingerprint density at radius 3 is 2.27 bits per heavy atom. The van der Waals surface area contributed by atoms with Crippen molar-refractivity contribution in [1.29, 1.82) is 0 Å². The number of pyridine rings is 1. The van der Waals surface area contributed by atoms with Crippen LogP contribution in [0.15, 0.2) is 6.07 Å². The number of aromatic nitrogens is 1. The van der Waals surface area contributed by atoms with Crippen molar-refractivity contribution in [2.45, 2.75) is 19.5 Å². The van der Waals surface area contributed by atoms with Gasteiger partial charge in [-0.3, -0.25) is 0 Å². The molecular formula is C8H5ClF5N. The maximum absolute atomic E-state index is 12.3. The lowest BCUT2D eigenvalue weighted by molar-refractivity contribution is -0.138. The van der Waals surface area contributed by atoms with E-state index in [0.29, 0.717) is 6.07 Å². The summed E-state index contributed by atoms with van der Waals surface area (Å²) in [5.74, 6) is 0. The summed E-state index contributed by atoms with van der Waals surface area (Å²) in [5.41, 5.74) is -2.52. The quantitative estimate of drug-likeness (QED) is 0.538. The zero-order valence-electron chi connectivity index (χ0n) is 7.37. The largest absolute Gasteiger partial charge is 0.418 e. The molecule has 1 aromatic rings. The Kier molecular flexibility index (Phi) is 3.18. The van der Waals surface area contributed by atoms with Crippen molar-refractivity contribution in [2.24, 2.45) is 0 Å². The van der Waals surface area contributed by atoms with Gasteiger partial charge in [-0.2, -0.15) is 13.2 Å². The van der Waals surface area contributed by atoms with Crippen LogP contribution in [0.1, 0.15) is 23.2 Å². The molecule has 0 fully saturated rings. The highest BCUT2D eigenvalue weighted by Crippen LogP contribution is 2.35. The zero-order valence-corrected chi connectivity index (χ0v) is 8.13. The maximum Gasteiger partial charge on any atom is 0.418 e. The number of rotatable bonds is 1. The molecule has 1 heterocycles. The third-order valence-electron chi connectivity index (χ3n) is 1.73. The van der Waals surface area contributed by atoms with Crippen molar-refractivity contribution in [1.82, 2.24) is 4.98 Å². The van der Waals surface area contributed by atoms with Crippen molar-refractivity contribution < 1.29 is 22.0 Å². The minimum Gasteiger partial charge on any atom is -0.240 e. The Balaban J connectivity index is 3.37. The smallest absolute Gasteiger partial charge is 0.240 e. The Morgan fingerprint density at radius 1 is 1.33 bits per heavy atom. The molecule has 0 atom stereocenters. The van der Waals surface area contributed by atoms with Crippen LogP contribution in [-0.4, -0.2) is 4.98 Å². The summed E-state index contributed by atoms with van der Waals surface area (Å²) in [5, 5.41) is -0.601. The first-order valence-electron chi connectivity index (χ1n) is 3.76. The first-order chi connectivity index (χ1) is 6.73. The van der Waals surface area contributed by atoms with Crippen molar-refractivity contribution >= 4 is 11.6 Å². The van der Waals surface area contributed by atoms with E-state index in [9.17, 15) is 22.0 Å². The minimum absolute atomic E-state index is 0.329. The van der Waals surface area contributed by atoms with Gasteiger partial charge in [-0.15, -0.1) is 0 Å². The standard InChI is InChI=1S/C8H5ClF5N/c1-3-5(8(12,13)14)2-4(7(10)11)6(9)15-3/h2,7H,1H3. The lowest BCUT2D eigenvalue weighted by Gasteiger charge is -2.12. The molecule has 0 aliphatic rings. The SMILES string of the molecule is Cc1nc(Cl)c(C(F)F)cc1C(F)(F)F. The van der Waals surface area contributed by atoms with E-state index in [-0.39, 0.29) is 0 Å². The number of halogens is 6. The predicted molar refractivity (Wildman–Crippen MR) is 43.9 cm³/mol. The minimum atomic E-state index is -4.70. The van der Waals surface area contributed by atoms with Gasteiger partial charge < -0.3 is 0 Å². The van der Waals surface area contributed by atoms with Crippen LogP contribution in [0, 0.1) is 6.92 Å². The van der Waals surface area contributed by atoms with Crippen LogP contribution in [0.2, 0.25) is 5.15 Å². The second kappa shape index (κ2) is 3.92. The van der Waals surface area contributed by atoms with Crippen LogP contribution < -0.4 is 0 Å². The average molecular weight is 246 g/mol. The van der Waals surface area contributed by atoms with Crippen molar-refractivity contribution in [2.75, 3.05) is 0 Å². The molecule has 1 aromatic heterocycles. The van der Waals surface area contributed by atoms with Gasteiger partial charge in [0.1, 0.15) is 5.15 Å². The van der Waals surface area contributed by atoms with E-state index in [1.54, 1.807) is 0 Å². The van der Waals surface area contributed by atoms with E-state index in [2.05, 4.69) is 4.98 Å². The highest BCUT2D eigenvalue weighted by atomic mass is 35.5. The second-order valence-corrected chi connectivity index (χ2v) is 3.16. The third kappa shape index (κ3) is 2.56. The molecule has 0 saturated carbocycles. The molecule has 0 bridgehead atoms. The average Bonchev–Trinajstić information content (AvgIpc) is 2.00. The molecule has 1 nitrogen and oxygen atoms in total. The van der Waals surface area contributed by atoms with E-state index < -0.39 is 34.6 Å². The molecule has 1 rings (SSSR count). The van der Waals surface area contributed by atoms with Gasteiger partial charge in [0.25, 0.3) is 6.43 Å². The van der Waals surface area contributed by atoms with Gasteiger partial charge in [-0.05, 0) is 13.0 Å². The number of nitrogens with zero attached hydrogens (tertiary/aromatic N) is 1. The highest BCUT2D eigenvalue weighted by molar-refractivity contribution is 6.30. The lowest BCUT2D eigenvalue weighted by atomic mass is 10.1. The Morgan fingerprint density at radius 2 is 1.87 bits per heavy atom. The van der Waals surface area contributed by atoms with Gasteiger partial charge in [0.15, 0.2) is 0 Å². The zero-order chi connectivity index (χ0) is 11.8. The molecular weight excluding hydrogens is 241 g/mol. The van der Waals surface area contributed by atoms with Gasteiger partial charge >= 0.3 is 6.18 Å². The monoisotopic (exact) mass is 245 g/mol. The molecule has 7 heteroatoms. The number of hydrogen-bond acceptors (Lipinski definition) is 1. The third-order valence-corrected chi connectivity index (χ3v) is 2.04. The fraction of sp³-hybridized carbons (Fsp3) is 0.375. The molecule has 15 heavy (non-hydrogen) atoms. The van der Waals surface area contributed by atoms with Crippen LogP contribution in [0.25, 0.3) is 0 Å². The van der Waals surface area contributed by atoms with Crippen LogP contribution in [0.4, 0.5) is 22.0 Å². The van der Waals surface area contributed by atoms with E-state index in [1.165, 1.54) is 0 Å². The van der Waals surface area contributed by atoms with Gasteiger partial charge in [-0.25, -0.2) is 13.8 Å². The van der Waals surface area contributed by atoms with Gasteiger partial charge in [0.2, 0.25) is 0 Å². The van der Waals surface area contributed by atoms with Crippen LogP contribution >= 0.6 is 11.6 Å². The molecule has 0 spiro atoms. The summed E-state index contributed by atoms with van der Waals surface area (Å²) in [6.45, 7) is 1.06. The number of alkyl halides is 5. The van der Waals surface area contributed by atoms with Crippen molar-refractivity contribution in [3.8, 4) is 0 Å². The summed E-state index contributed by atoms with van der Waals surface area (Å²) in [7, 11) is 0. The van der Waals surface area contributed by atoms with Gasteiger partial charge in [-0.1, -0.05) is 11.6 Å². The van der Waals surface area contributed by atoms with E-state index in [0.717, 1.165) is 6.92 Å². The van der Waals surface area contributed by atoms with E-state index in [4.69, 9.17) is 11.6 Å². The second-order valence-electron chi connectivity index (χ2n) is 2.80. The molecule has 0 unspecified atom stereocenters. The lowest BCUT2D eigenvalue weighted by Crippen LogP contribution is -2.10. The van der Waals surface area contributed by atoms with Crippen LogP contribution in [0.5, 0.6) is 0 Å². The van der Waals surface area contributed by atoms with Crippen LogP contribution in [0.3, 0.4) is 0 Å².